The smallest absolute Gasteiger partial charge is 0.165 e. The molecular weight excluding hydrogens is 255 g/mol. The predicted molar refractivity (Wildman–Crippen MR) is 79.0 cm³/mol. The molecule has 0 aromatic heterocycles. The zero-order chi connectivity index (χ0) is 14.7. The summed E-state index contributed by atoms with van der Waals surface area (Å²) in [5.74, 6) is 0.0459. The molecule has 0 spiro atoms. The molecule has 0 unspecified atom stereocenters. The van der Waals surface area contributed by atoms with Gasteiger partial charge in [-0.05, 0) is 57.4 Å². The average Bonchev–Trinajstić information content (AvgIpc) is 2.75. The standard InChI is InChI=1S/C16H23FN2O/c1-5-20-16-7-6-13(9-15(16)17)8-14-10-18-19(11(2)3)12(14)4/h6-7,9,11,18H,5,8,10H2,1-4H3. The highest BCUT2D eigenvalue weighted by molar-refractivity contribution is 5.33. The number of hydrogen-bond acceptors (Lipinski definition) is 3. The van der Waals surface area contributed by atoms with E-state index in [0.717, 1.165) is 18.5 Å². The summed E-state index contributed by atoms with van der Waals surface area (Å²) >= 11 is 0. The number of halogens is 1. The molecule has 1 N–H and O–H groups in total. The second kappa shape index (κ2) is 6.27. The fraction of sp³-hybridized carbons (Fsp3) is 0.500. The van der Waals surface area contributed by atoms with Crippen LogP contribution in [0.5, 0.6) is 5.75 Å². The second-order valence-corrected chi connectivity index (χ2v) is 5.36. The van der Waals surface area contributed by atoms with Gasteiger partial charge in [0, 0.05) is 18.3 Å². The van der Waals surface area contributed by atoms with Gasteiger partial charge in [0.05, 0.1) is 6.61 Å². The van der Waals surface area contributed by atoms with Crippen molar-refractivity contribution in [2.45, 2.75) is 40.2 Å². The molecular formula is C16H23FN2O. The van der Waals surface area contributed by atoms with Crippen LogP contribution in [0.15, 0.2) is 29.5 Å². The molecule has 0 saturated heterocycles. The minimum atomic E-state index is -0.283. The number of rotatable bonds is 5. The van der Waals surface area contributed by atoms with Crippen molar-refractivity contribution < 1.29 is 9.13 Å². The van der Waals surface area contributed by atoms with Gasteiger partial charge < -0.3 is 9.75 Å². The molecule has 0 bridgehead atoms. The Morgan fingerprint density at radius 2 is 2.15 bits per heavy atom. The lowest BCUT2D eigenvalue weighted by Crippen LogP contribution is -2.36. The van der Waals surface area contributed by atoms with Gasteiger partial charge in [-0.15, -0.1) is 0 Å². The first-order valence-electron chi connectivity index (χ1n) is 7.15. The SMILES string of the molecule is CCOc1ccc(CC2=C(C)N(C(C)C)NC2)cc1F. The maximum Gasteiger partial charge on any atom is 0.165 e. The Morgan fingerprint density at radius 3 is 2.70 bits per heavy atom. The van der Waals surface area contributed by atoms with Gasteiger partial charge in [-0.1, -0.05) is 6.07 Å². The Kier molecular flexibility index (Phi) is 4.65. The highest BCUT2D eigenvalue weighted by Crippen LogP contribution is 2.24. The molecule has 1 aliphatic rings. The van der Waals surface area contributed by atoms with E-state index >= 15 is 0 Å². The zero-order valence-electron chi connectivity index (χ0n) is 12.7. The van der Waals surface area contributed by atoms with Crippen LogP contribution in [0.3, 0.4) is 0 Å². The van der Waals surface area contributed by atoms with Gasteiger partial charge in [0.1, 0.15) is 0 Å². The molecule has 0 aliphatic carbocycles. The van der Waals surface area contributed by atoms with E-state index in [9.17, 15) is 4.39 Å². The molecule has 4 heteroatoms. The maximum absolute atomic E-state index is 13.8. The summed E-state index contributed by atoms with van der Waals surface area (Å²) in [5, 5.41) is 2.17. The molecule has 1 aromatic carbocycles. The van der Waals surface area contributed by atoms with Crippen molar-refractivity contribution >= 4 is 0 Å². The first-order valence-corrected chi connectivity index (χ1v) is 7.15. The predicted octanol–water partition coefficient (Wildman–Crippen LogP) is 3.27. The summed E-state index contributed by atoms with van der Waals surface area (Å²) in [4.78, 5) is 0. The lowest BCUT2D eigenvalue weighted by molar-refractivity contribution is 0.228. The molecule has 0 radical (unpaired) electrons. The number of nitrogens with zero attached hydrogens (tertiary/aromatic N) is 1. The number of hydrazine groups is 1. The van der Waals surface area contributed by atoms with E-state index in [-0.39, 0.29) is 5.82 Å². The fourth-order valence-electron chi connectivity index (χ4n) is 2.53. The molecule has 110 valence electrons. The van der Waals surface area contributed by atoms with Gasteiger partial charge >= 0.3 is 0 Å². The van der Waals surface area contributed by atoms with Crippen LogP contribution in [0.25, 0.3) is 0 Å². The van der Waals surface area contributed by atoms with E-state index in [1.54, 1.807) is 12.1 Å². The van der Waals surface area contributed by atoms with Gasteiger partial charge in [-0.2, -0.15) is 0 Å². The number of allylic oxidation sites excluding steroid dienone is 1. The summed E-state index contributed by atoms with van der Waals surface area (Å²) in [5.41, 5.74) is 6.89. The normalized spacial score (nSPS) is 15.4. The first kappa shape index (κ1) is 14.9. The first-order chi connectivity index (χ1) is 9.52. The van der Waals surface area contributed by atoms with Crippen molar-refractivity contribution in [1.82, 2.24) is 10.4 Å². The van der Waals surface area contributed by atoms with Crippen LogP contribution in [0, 0.1) is 5.82 Å². The molecule has 0 atom stereocenters. The fourth-order valence-corrected chi connectivity index (χ4v) is 2.53. The van der Waals surface area contributed by atoms with Gasteiger partial charge in [-0.3, -0.25) is 0 Å². The van der Waals surface area contributed by atoms with E-state index in [1.165, 1.54) is 11.3 Å². The summed E-state index contributed by atoms with van der Waals surface area (Å²) < 4.78 is 19.1. The van der Waals surface area contributed by atoms with E-state index in [4.69, 9.17) is 4.74 Å². The van der Waals surface area contributed by atoms with Gasteiger partial charge in [0.15, 0.2) is 11.6 Å². The molecule has 1 aliphatic heterocycles. The van der Waals surface area contributed by atoms with Crippen molar-refractivity contribution in [2.75, 3.05) is 13.2 Å². The number of benzene rings is 1. The van der Waals surface area contributed by atoms with Crippen molar-refractivity contribution in [2.24, 2.45) is 0 Å². The Hall–Kier alpha value is -1.55. The highest BCUT2D eigenvalue weighted by Gasteiger charge is 2.20. The Labute approximate surface area is 120 Å². The largest absolute Gasteiger partial charge is 0.491 e. The molecule has 0 saturated carbocycles. The molecule has 1 aromatic rings. The quantitative estimate of drug-likeness (QED) is 0.894. The van der Waals surface area contributed by atoms with Crippen LogP contribution >= 0.6 is 0 Å². The Balaban J connectivity index is 2.13. The van der Waals surface area contributed by atoms with Crippen LogP contribution in [0.1, 0.15) is 33.3 Å². The minimum Gasteiger partial charge on any atom is -0.491 e. The van der Waals surface area contributed by atoms with Crippen LogP contribution in [-0.4, -0.2) is 24.2 Å². The van der Waals surface area contributed by atoms with E-state index in [1.807, 2.05) is 13.0 Å². The van der Waals surface area contributed by atoms with Crippen LogP contribution in [0.4, 0.5) is 4.39 Å². The Morgan fingerprint density at radius 1 is 1.40 bits per heavy atom. The average molecular weight is 278 g/mol. The number of ether oxygens (including phenoxy) is 1. The van der Waals surface area contributed by atoms with Gasteiger partial charge in [0.2, 0.25) is 0 Å². The highest BCUT2D eigenvalue weighted by atomic mass is 19.1. The monoisotopic (exact) mass is 278 g/mol. The van der Waals surface area contributed by atoms with E-state index < -0.39 is 0 Å². The topological polar surface area (TPSA) is 24.5 Å². The summed E-state index contributed by atoms with van der Waals surface area (Å²) in [6.45, 7) is 9.57. The van der Waals surface area contributed by atoms with Crippen molar-refractivity contribution in [1.29, 1.82) is 0 Å². The third-order valence-corrected chi connectivity index (χ3v) is 3.57. The number of nitrogens with one attached hydrogen (secondary N) is 1. The maximum atomic E-state index is 13.8. The molecule has 3 nitrogen and oxygen atoms in total. The molecule has 20 heavy (non-hydrogen) atoms. The second-order valence-electron chi connectivity index (χ2n) is 5.36. The van der Waals surface area contributed by atoms with Crippen LogP contribution in [0.2, 0.25) is 0 Å². The van der Waals surface area contributed by atoms with E-state index in [2.05, 4.69) is 31.2 Å². The summed E-state index contributed by atoms with van der Waals surface area (Å²) in [6, 6.07) is 5.65. The molecule has 1 heterocycles. The summed E-state index contributed by atoms with van der Waals surface area (Å²) in [6.07, 6.45) is 0.769. The third-order valence-electron chi connectivity index (χ3n) is 3.57. The Bertz CT molecular complexity index is 511. The minimum absolute atomic E-state index is 0.283. The van der Waals surface area contributed by atoms with Crippen molar-refractivity contribution in [3.8, 4) is 5.75 Å². The third kappa shape index (κ3) is 3.12. The summed E-state index contributed by atoms with van der Waals surface area (Å²) in [7, 11) is 0. The lowest BCUT2D eigenvalue weighted by Gasteiger charge is -2.24. The van der Waals surface area contributed by atoms with Crippen LogP contribution in [-0.2, 0) is 6.42 Å². The van der Waals surface area contributed by atoms with E-state index in [0.29, 0.717) is 18.4 Å². The molecule has 0 fully saturated rings. The van der Waals surface area contributed by atoms with Crippen LogP contribution < -0.4 is 10.2 Å². The molecule has 2 rings (SSSR count). The lowest BCUT2D eigenvalue weighted by atomic mass is 10.0. The van der Waals surface area contributed by atoms with Crippen molar-refractivity contribution in [3.63, 3.8) is 0 Å². The van der Waals surface area contributed by atoms with Crippen molar-refractivity contribution in [3.05, 3.63) is 40.8 Å². The molecule has 0 amide bonds. The number of hydrogen-bond donors (Lipinski definition) is 1. The zero-order valence-corrected chi connectivity index (χ0v) is 12.7. The van der Waals surface area contributed by atoms with Gasteiger partial charge in [0.25, 0.3) is 0 Å². The van der Waals surface area contributed by atoms with Gasteiger partial charge in [-0.25, -0.2) is 9.82 Å².